The third-order valence-electron chi connectivity index (χ3n) is 1.34. The van der Waals surface area contributed by atoms with E-state index in [0.717, 1.165) is 18.6 Å². The predicted molar refractivity (Wildman–Crippen MR) is 72.9 cm³/mol. The molecule has 0 bridgehead atoms. The molecule has 0 amide bonds. The Bertz CT molecular complexity index is 189. The van der Waals surface area contributed by atoms with Gasteiger partial charge in [-0.05, 0) is 12.8 Å². The van der Waals surface area contributed by atoms with Crippen LogP contribution in [0.4, 0.5) is 0 Å². The first-order valence-electron chi connectivity index (χ1n) is 4.00. The van der Waals surface area contributed by atoms with E-state index >= 15 is 0 Å². The van der Waals surface area contributed by atoms with Crippen LogP contribution in [-0.2, 0) is 0 Å². The zero-order valence-corrected chi connectivity index (χ0v) is 11.4. The molecule has 4 nitrogen and oxygen atoms in total. The molecule has 0 aliphatic carbocycles. The van der Waals surface area contributed by atoms with Crippen LogP contribution in [0.2, 0.25) is 0 Å². The summed E-state index contributed by atoms with van der Waals surface area (Å²) in [5.41, 5.74) is 10.4. The van der Waals surface area contributed by atoms with E-state index in [4.69, 9.17) is 22.3 Å². The lowest BCUT2D eigenvalue weighted by Crippen LogP contribution is -2.10. The smallest absolute Gasteiger partial charge is 0.151 e. The monoisotopic (exact) mass is 300 g/mol. The van der Waals surface area contributed by atoms with Gasteiger partial charge in [0.05, 0.1) is 0 Å². The van der Waals surface area contributed by atoms with Crippen LogP contribution in [0.5, 0.6) is 0 Å². The lowest BCUT2D eigenvalue weighted by atomic mass is 10.3. The molecule has 0 aliphatic heterocycles. The van der Waals surface area contributed by atoms with E-state index in [1.807, 2.05) is 6.92 Å². The average molecular weight is 301 g/mol. The van der Waals surface area contributed by atoms with Crippen LogP contribution in [0.1, 0.15) is 19.8 Å². The fraction of sp³-hybridized carbons (Fsp3) is 0.714. The van der Waals surface area contributed by atoms with Gasteiger partial charge in [0.1, 0.15) is 0 Å². The summed E-state index contributed by atoms with van der Waals surface area (Å²) in [6, 6.07) is 0. The second-order valence-corrected chi connectivity index (χ2v) is 5.26. The van der Waals surface area contributed by atoms with Crippen molar-refractivity contribution in [1.29, 1.82) is 10.8 Å². The van der Waals surface area contributed by atoms with Crippen LogP contribution in [0.15, 0.2) is 0 Å². The van der Waals surface area contributed by atoms with E-state index in [1.165, 1.54) is 23.5 Å². The van der Waals surface area contributed by atoms with Crippen LogP contribution in [-0.4, -0.2) is 21.3 Å². The Labute approximate surface area is 104 Å². The quantitative estimate of drug-likeness (QED) is 0.354. The average Bonchev–Trinajstić information content (AvgIpc) is 1.96. The van der Waals surface area contributed by atoms with Crippen LogP contribution in [0, 0.1) is 10.8 Å². The van der Waals surface area contributed by atoms with Crippen molar-refractivity contribution in [3.8, 4) is 0 Å². The predicted octanol–water partition coefficient (Wildman–Crippen LogP) is 1.99. The van der Waals surface area contributed by atoms with Crippen molar-refractivity contribution >= 4 is 50.8 Å². The van der Waals surface area contributed by atoms with Gasteiger partial charge in [-0.15, -0.1) is 17.0 Å². The molecule has 0 aromatic heterocycles. The summed E-state index contributed by atoms with van der Waals surface area (Å²) in [5.74, 6) is 0.873. The van der Waals surface area contributed by atoms with Crippen molar-refractivity contribution < 1.29 is 0 Å². The minimum atomic E-state index is 0. The molecule has 0 spiro atoms. The standard InChI is InChI=1S/C7H16N4S2.BrH/c1-5(13-7(10)11)3-2-4-12-6(8)9;/h5H,2-4H2,1H3,(H3,8,9)(H3,10,11);1H. The summed E-state index contributed by atoms with van der Waals surface area (Å²) < 4.78 is 0. The number of thioether (sulfide) groups is 2. The molecule has 6 N–H and O–H groups in total. The van der Waals surface area contributed by atoms with Crippen molar-refractivity contribution in [3.63, 3.8) is 0 Å². The molecule has 0 fully saturated rings. The Kier molecular flexibility index (Phi) is 11.4. The summed E-state index contributed by atoms with van der Waals surface area (Å²) >= 11 is 2.74. The fourth-order valence-electron chi connectivity index (χ4n) is 0.829. The summed E-state index contributed by atoms with van der Waals surface area (Å²) in [6.45, 7) is 2.05. The van der Waals surface area contributed by atoms with Gasteiger partial charge in [-0.2, -0.15) is 0 Å². The maximum Gasteiger partial charge on any atom is 0.151 e. The van der Waals surface area contributed by atoms with Gasteiger partial charge in [-0.1, -0.05) is 30.4 Å². The molecule has 0 aromatic rings. The lowest BCUT2D eigenvalue weighted by molar-refractivity contribution is 0.797. The molecule has 14 heavy (non-hydrogen) atoms. The second kappa shape index (κ2) is 9.67. The number of nitrogens with one attached hydrogen (secondary N) is 2. The van der Waals surface area contributed by atoms with E-state index in [9.17, 15) is 0 Å². The molecular formula is C7H17BrN4S2. The molecule has 0 radical (unpaired) electrons. The van der Waals surface area contributed by atoms with E-state index in [-0.39, 0.29) is 27.3 Å². The third kappa shape index (κ3) is 12.1. The molecule has 0 saturated carbocycles. The van der Waals surface area contributed by atoms with Gasteiger partial charge in [0.25, 0.3) is 0 Å². The van der Waals surface area contributed by atoms with Gasteiger partial charge >= 0.3 is 0 Å². The van der Waals surface area contributed by atoms with Gasteiger partial charge in [0, 0.05) is 11.0 Å². The van der Waals surface area contributed by atoms with Crippen molar-refractivity contribution in [2.75, 3.05) is 5.75 Å². The first-order chi connectivity index (χ1) is 6.02. The number of hydrogen-bond donors (Lipinski definition) is 4. The highest BCUT2D eigenvalue weighted by atomic mass is 79.9. The Morgan fingerprint density at radius 1 is 1.29 bits per heavy atom. The highest BCUT2D eigenvalue weighted by molar-refractivity contribution is 8.93. The van der Waals surface area contributed by atoms with E-state index in [0.29, 0.717) is 5.25 Å². The van der Waals surface area contributed by atoms with E-state index in [2.05, 4.69) is 0 Å². The van der Waals surface area contributed by atoms with Crippen LogP contribution in [0.3, 0.4) is 0 Å². The molecule has 0 aliphatic rings. The van der Waals surface area contributed by atoms with Gasteiger partial charge in [0.2, 0.25) is 0 Å². The van der Waals surface area contributed by atoms with Crippen molar-refractivity contribution in [2.24, 2.45) is 11.5 Å². The van der Waals surface area contributed by atoms with Crippen LogP contribution >= 0.6 is 40.5 Å². The number of halogens is 1. The number of nitrogens with two attached hydrogens (primary N) is 2. The Hall–Kier alpha value is 0.120. The van der Waals surface area contributed by atoms with Gasteiger partial charge in [-0.3, -0.25) is 10.8 Å². The molecule has 0 heterocycles. The number of amidine groups is 2. The molecule has 7 heteroatoms. The highest BCUT2D eigenvalue weighted by Crippen LogP contribution is 2.16. The van der Waals surface area contributed by atoms with Gasteiger partial charge in [-0.25, -0.2) is 0 Å². The molecule has 1 atom stereocenters. The fourth-order valence-corrected chi connectivity index (χ4v) is 2.08. The van der Waals surface area contributed by atoms with Crippen molar-refractivity contribution in [2.45, 2.75) is 25.0 Å². The first kappa shape index (κ1) is 16.5. The highest BCUT2D eigenvalue weighted by Gasteiger charge is 2.04. The van der Waals surface area contributed by atoms with E-state index < -0.39 is 0 Å². The maximum absolute atomic E-state index is 7.05. The Balaban J connectivity index is 0. The largest absolute Gasteiger partial charge is 0.379 e. The van der Waals surface area contributed by atoms with Crippen molar-refractivity contribution in [3.05, 3.63) is 0 Å². The summed E-state index contributed by atoms with van der Waals surface area (Å²) in [4.78, 5) is 0. The van der Waals surface area contributed by atoms with Crippen LogP contribution in [0.25, 0.3) is 0 Å². The zero-order chi connectivity index (χ0) is 10.3. The van der Waals surface area contributed by atoms with Gasteiger partial charge in [0.15, 0.2) is 10.3 Å². The number of rotatable bonds is 5. The minimum absolute atomic E-state index is 0. The summed E-state index contributed by atoms with van der Waals surface area (Å²) in [7, 11) is 0. The first-order valence-corrected chi connectivity index (χ1v) is 5.86. The molecule has 0 rings (SSSR count). The number of hydrogen-bond acceptors (Lipinski definition) is 4. The van der Waals surface area contributed by atoms with Crippen molar-refractivity contribution in [1.82, 2.24) is 0 Å². The lowest BCUT2D eigenvalue weighted by Gasteiger charge is -2.08. The Morgan fingerprint density at radius 3 is 2.29 bits per heavy atom. The second-order valence-electron chi connectivity index (χ2n) is 2.65. The summed E-state index contributed by atoms with van der Waals surface area (Å²) in [6.07, 6.45) is 2.01. The molecule has 84 valence electrons. The Morgan fingerprint density at radius 2 is 1.86 bits per heavy atom. The summed E-state index contributed by atoms with van der Waals surface area (Å²) in [5, 5.41) is 14.8. The third-order valence-corrected chi connectivity index (χ3v) is 3.04. The molecule has 0 saturated heterocycles. The van der Waals surface area contributed by atoms with Gasteiger partial charge < -0.3 is 11.5 Å². The molecule has 1 unspecified atom stereocenters. The van der Waals surface area contributed by atoms with Crippen LogP contribution < -0.4 is 11.5 Å². The maximum atomic E-state index is 7.05. The molecule has 0 aromatic carbocycles. The topological polar surface area (TPSA) is 99.7 Å². The molecular weight excluding hydrogens is 284 g/mol. The SMILES string of the molecule is Br.CC(CCCSC(=N)N)SC(=N)N. The minimum Gasteiger partial charge on any atom is -0.379 e. The van der Waals surface area contributed by atoms with E-state index in [1.54, 1.807) is 0 Å². The normalized spacial score (nSPS) is 11.5. The zero-order valence-electron chi connectivity index (χ0n) is 8.08.